The van der Waals surface area contributed by atoms with Gasteiger partial charge in [-0.25, -0.2) is 4.98 Å². The molecule has 0 N–H and O–H groups in total. The lowest BCUT2D eigenvalue weighted by molar-refractivity contribution is 0.636. The van der Waals surface area contributed by atoms with Crippen molar-refractivity contribution < 1.29 is 4.42 Å². The minimum atomic E-state index is -0.283. The van der Waals surface area contributed by atoms with Crippen molar-refractivity contribution in [3.63, 3.8) is 0 Å². The van der Waals surface area contributed by atoms with Gasteiger partial charge in [0.2, 0.25) is 0 Å². The van der Waals surface area contributed by atoms with Crippen LogP contribution in [0.3, 0.4) is 0 Å². The quantitative estimate of drug-likeness (QED) is 0.208. The molecule has 8 aromatic rings. The highest BCUT2D eigenvalue weighted by Crippen LogP contribution is 2.53. The molecule has 2 heterocycles. The lowest BCUT2D eigenvalue weighted by Gasteiger charge is -2.28. The van der Waals surface area contributed by atoms with E-state index >= 15 is 0 Å². The molecule has 3 heteroatoms. The van der Waals surface area contributed by atoms with E-state index in [1.54, 1.807) is 0 Å². The van der Waals surface area contributed by atoms with Gasteiger partial charge in [0.05, 0.1) is 11.4 Å². The van der Waals surface area contributed by atoms with E-state index in [0.717, 1.165) is 39.4 Å². The molecule has 0 unspecified atom stereocenters. The number of fused-ring (bicyclic) bond motifs is 8. The summed E-state index contributed by atoms with van der Waals surface area (Å²) in [5.41, 5.74) is 10.9. The van der Waals surface area contributed by atoms with Crippen LogP contribution < -0.4 is 4.90 Å². The maximum atomic E-state index is 6.29. The van der Waals surface area contributed by atoms with E-state index in [-0.39, 0.29) is 5.41 Å². The van der Waals surface area contributed by atoms with E-state index in [9.17, 15) is 0 Å². The Hall–Kier alpha value is -5.67. The molecule has 0 saturated heterocycles. The van der Waals surface area contributed by atoms with Gasteiger partial charge in [0.15, 0.2) is 0 Å². The number of furan rings is 1. The van der Waals surface area contributed by atoms with Crippen molar-refractivity contribution in [2.75, 3.05) is 4.90 Å². The molecule has 0 saturated carbocycles. The van der Waals surface area contributed by atoms with Gasteiger partial charge in [0, 0.05) is 32.8 Å². The second-order valence-electron chi connectivity index (χ2n) is 12.4. The fourth-order valence-corrected chi connectivity index (χ4v) is 7.23. The third kappa shape index (κ3) is 3.87. The zero-order valence-electron chi connectivity index (χ0n) is 25.2. The van der Waals surface area contributed by atoms with E-state index in [1.807, 2.05) is 6.07 Å². The van der Waals surface area contributed by atoms with Crippen molar-refractivity contribution in [2.45, 2.75) is 19.3 Å². The summed E-state index contributed by atoms with van der Waals surface area (Å²) in [6.45, 7) is 4.58. The average Bonchev–Trinajstić information content (AvgIpc) is 3.58. The van der Waals surface area contributed by atoms with Crippen molar-refractivity contribution >= 4 is 49.9 Å². The standard InChI is InChI=1S/C42H30N2O/c1-42(2)34-24-25-37-40(32-16-8-9-18-36(32)45-37)39(34)33-23-26-38(43-41(33)42)44(35-17-10-14-29-13-6-7-15-31(29)35)30-21-19-28(20-22-30)27-11-4-3-5-12-27/h3-26H,1-2H3. The lowest BCUT2D eigenvalue weighted by Crippen LogP contribution is -2.19. The fourth-order valence-electron chi connectivity index (χ4n) is 7.23. The van der Waals surface area contributed by atoms with Crippen LogP contribution in [0.25, 0.3) is 55.0 Å². The number of hydrogen-bond acceptors (Lipinski definition) is 3. The van der Waals surface area contributed by atoms with Gasteiger partial charge in [0.25, 0.3) is 0 Å². The molecular weight excluding hydrogens is 548 g/mol. The molecule has 3 nitrogen and oxygen atoms in total. The number of benzene rings is 6. The van der Waals surface area contributed by atoms with Crippen LogP contribution in [0.2, 0.25) is 0 Å². The maximum absolute atomic E-state index is 6.29. The van der Waals surface area contributed by atoms with E-state index in [1.165, 1.54) is 44.0 Å². The number of anilines is 3. The van der Waals surface area contributed by atoms with Gasteiger partial charge in [-0.15, -0.1) is 0 Å². The van der Waals surface area contributed by atoms with E-state index in [0.29, 0.717) is 0 Å². The molecule has 0 bridgehead atoms. The van der Waals surface area contributed by atoms with Gasteiger partial charge in [0.1, 0.15) is 17.0 Å². The lowest BCUT2D eigenvalue weighted by atomic mass is 9.85. The monoisotopic (exact) mass is 578 g/mol. The third-order valence-electron chi connectivity index (χ3n) is 9.43. The van der Waals surface area contributed by atoms with Gasteiger partial charge in [-0.2, -0.15) is 0 Å². The van der Waals surface area contributed by atoms with Crippen LogP contribution in [0.4, 0.5) is 17.2 Å². The molecule has 0 radical (unpaired) electrons. The first-order valence-electron chi connectivity index (χ1n) is 15.5. The smallest absolute Gasteiger partial charge is 0.137 e. The highest BCUT2D eigenvalue weighted by molar-refractivity contribution is 6.15. The Kier molecular flexibility index (Phi) is 5.54. The van der Waals surface area contributed by atoms with E-state index < -0.39 is 0 Å². The fraction of sp³-hybridized carbons (Fsp3) is 0.0714. The molecule has 45 heavy (non-hydrogen) atoms. The van der Waals surface area contributed by atoms with Crippen LogP contribution in [-0.2, 0) is 5.41 Å². The van der Waals surface area contributed by atoms with Gasteiger partial charge in [-0.3, -0.25) is 4.90 Å². The second-order valence-corrected chi connectivity index (χ2v) is 12.4. The molecule has 1 aliphatic carbocycles. The Balaban J connectivity index is 1.26. The van der Waals surface area contributed by atoms with Gasteiger partial charge in [-0.1, -0.05) is 117 Å². The predicted molar refractivity (Wildman–Crippen MR) is 187 cm³/mol. The van der Waals surface area contributed by atoms with Crippen LogP contribution in [0.15, 0.2) is 150 Å². The van der Waals surface area contributed by atoms with Crippen molar-refractivity contribution in [3.8, 4) is 22.3 Å². The number of nitrogens with zero attached hydrogens (tertiary/aromatic N) is 2. The summed E-state index contributed by atoms with van der Waals surface area (Å²) >= 11 is 0. The molecular formula is C42H30N2O. The van der Waals surface area contributed by atoms with E-state index in [4.69, 9.17) is 9.40 Å². The Bertz CT molecular complexity index is 2400. The molecule has 6 aromatic carbocycles. The summed E-state index contributed by atoms with van der Waals surface area (Å²) in [7, 11) is 0. The summed E-state index contributed by atoms with van der Waals surface area (Å²) in [5.74, 6) is 0.895. The molecule has 0 aliphatic heterocycles. The minimum absolute atomic E-state index is 0.283. The molecule has 1 aliphatic rings. The summed E-state index contributed by atoms with van der Waals surface area (Å²) in [6, 6.07) is 51.6. The zero-order valence-corrected chi connectivity index (χ0v) is 25.2. The summed E-state index contributed by atoms with van der Waals surface area (Å²) in [6.07, 6.45) is 0. The van der Waals surface area contributed by atoms with Crippen LogP contribution in [0.1, 0.15) is 25.1 Å². The molecule has 0 amide bonds. The molecule has 9 rings (SSSR count). The third-order valence-corrected chi connectivity index (χ3v) is 9.43. The number of aromatic nitrogens is 1. The Labute approximate surface area is 262 Å². The van der Waals surface area contributed by atoms with Crippen molar-refractivity contribution in [2.24, 2.45) is 0 Å². The van der Waals surface area contributed by atoms with Crippen LogP contribution in [0.5, 0.6) is 0 Å². The van der Waals surface area contributed by atoms with E-state index in [2.05, 4.69) is 158 Å². The van der Waals surface area contributed by atoms with Crippen LogP contribution in [-0.4, -0.2) is 4.98 Å². The van der Waals surface area contributed by atoms with Crippen molar-refractivity contribution in [3.05, 3.63) is 157 Å². The van der Waals surface area contributed by atoms with Crippen molar-refractivity contribution in [1.29, 1.82) is 0 Å². The van der Waals surface area contributed by atoms with Gasteiger partial charge >= 0.3 is 0 Å². The first-order valence-corrected chi connectivity index (χ1v) is 15.5. The molecule has 0 fully saturated rings. The minimum Gasteiger partial charge on any atom is -0.456 e. The van der Waals surface area contributed by atoms with Gasteiger partial charge < -0.3 is 4.42 Å². The highest BCUT2D eigenvalue weighted by atomic mass is 16.3. The predicted octanol–water partition coefficient (Wildman–Crippen LogP) is 11.6. The second kappa shape index (κ2) is 9.67. The Morgan fingerprint density at radius 2 is 1.29 bits per heavy atom. The zero-order chi connectivity index (χ0) is 30.1. The topological polar surface area (TPSA) is 29.3 Å². The van der Waals surface area contributed by atoms with Crippen molar-refractivity contribution in [1.82, 2.24) is 4.98 Å². The Morgan fingerprint density at radius 1 is 0.578 bits per heavy atom. The number of pyridine rings is 1. The highest BCUT2D eigenvalue weighted by Gasteiger charge is 2.39. The first-order chi connectivity index (χ1) is 22.1. The maximum Gasteiger partial charge on any atom is 0.137 e. The van der Waals surface area contributed by atoms with Gasteiger partial charge in [-0.05, 0) is 70.1 Å². The van der Waals surface area contributed by atoms with Crippen LogP contribution in [0, 0.1) is 0 Å². The SMILES string of the molecule is CC1(C)c2ccc3oc4ccccc4c3c2-c2ccc(N(c3ccc(-c4ccccc4)cc3)c3cccc4ccccc34)nc21. The summed E-state index contributed by atoms with van der Waals surface area (Å²) in [4.78, 5) is 7.83. The normalized spacial score (nSPS) is 13.3. The largest absolute Gasteiger partial charge is 0.456 e. The first kappa shape index (κ1) is 25.8. The molecule has 0 atom stereocenters. The molecule has 0 spiro atoms. The summed E-state index contributed by atoms with van der Waals surface area (Å²) < 4.78 is 6.29. The number of rotatable bonds is 4. The Morgan fingerprint density at radius 3 is 2.13 bits per heavy atom. The molecule has 214 valence electrons. The number of hydrogen-bond donors (Lipinski definition) is 0. The number of para-hydroxylation sites is 1. The molecule has 2 aromatic heterocycles. The van der Waals surface area contributed by atoms with Crippen LogP contribution >= 0.6 is 0 Å². The summed E-state index contributed by atoms with van der Waals surface area (Å²) in [5, 5.41) is 4.70. The average molecular weight is 579 g/mol.